The number of hydrogen-bond acceptors (Lipinski definition) is 3. The van der Waals surface area contributed by atoms with Crippen molar-refractivity contribution in [3.8, 4) is 0 Å². The van der Waals surface area contributed by atoms with Crippen LogP contribution in [0, 0.1) is 0 Å². The average molecular weight is 246 g/mol. The molecule has 5 nitrogen and oxygen atoms in total. The lowest BCUT2D eigenvalue weighted by molar-refractivity contribution is -0.139. The van der Waals surface area contributed by atoms with Gasteiger partial charge in [-0.15, -0.1) is 0 Å². The Labute approximate surface area is 99.4 Å². The van der Waals surface area contributed by atoms with E-state index in [4.69, 9.17) is 5.11 Å². The zero-order valence-electron chi connectivity index (χ0n) is 9.58. The molecule has 1 aliphatic carbocycles. The topological polar surface area (TPSA) is 78.4 Å². The van der Waals surface area contributed by atoms with Crippen molar-refractivity contribution in [2.45, 2.75) is 37.0 Å². The molecule has 0 aromatic rings. The highest BCUT2D eigenvalue weighted by Crippen LogP contribution is 2.46. The predicted octanol–water partition coefficient (Wildman–Crippen LogP) is 1.04. The van der Waals surface area contributed by atoms with Crippen molar-refractivity contribution in [3.05, 3.63) is 0 Å². The lowest BCUT2D eigenvalue weighted by Crippen LogP contribution is -2.47. The minimum Gasteiger partial charge on any atom is -0.480 e. The normalized spacial score (nSPS) is 18.6. The van der Waals surface area contributed by atoms with Gasteiger partial charge in [-0.1, -0.05) is 6.92 Å². The van der Waals surface area contributed by atoms with Crippen LogP contribution in [-0.4, -0.2) is 40.7 Å². The summed E-state index contributed by atoms with van der Waals surface area (Å²) >= 11 is 1.75. The number of nitrogens with one attached hydrogen (secondary N) is 2. The molecule has 16 heavy (non-hydrogen) atoms. The Bertz CT molecular complexity index is 279. The molecule has 1 saturated carbocycles. The lowest BCUT2D eigenvalue weighted by atomic mass is 10.2. The molecule has 1 atom stereocenters. The van der Waals surface area contributed by atoms with E-state index in [9.17, 15) is 9.59 Å². The van der Waals surface area contributed by atoms with Gasteiger partial charge in [0.25, 0.3) is 0 Å². The predicted molar refractivity (Wildman–Crippen MR) is 63.7 cm³/mol. The number of carboxylic acid groups (broad SMARTS) is 1. The molecular weight excluding hydrogens is 228 g/mol. The van der Waals surface area contributed by atoms with Crippen LogP contribution in [0.15, 0.2) is 0 Å². The van der Waals surface area contributed by atoms with Gasteiger partial charge in [-0.2, -0.15) is 11.8 Å². The molecule has 0 spiro atoms. The molecule has 1 aliphatic rings. The van der Waals surface area contributed by atoms with Crippen molar-refractivity contribution in [1.82, 2.24) is 10.6 Å². The van der Waals surface area contributed by atoms with E-state index in [1.807, 2.05) is 6.26 Å². The van der Waals surface area contributed by atoms with Gasteiger partial charge < -0.3 is 15.7 Å². The van der Waals surface area contributed by atoms with E-state index < -0.39 is 18.0 Å². The van der Waals surface area contributed by atoms with E-state index in [2.05, 4.69) is 10.6 Å². The van der Waals surface area contributed by atoms with Gasteiger partial charge in [0.15, 0.2) is 0 Å². The molecule has 0 unspecified atom stereocenters. The van der Waals surface area contributed by atoms with Gasteiger partial charge in [-0.25, -0.2) is 9.59 Å². The molecule has 0 aromatic heterocycles. The van der Waals surface area contributed by atoms with E-state index >= 15 is 0 Å². The second-order valence-corrected chi connectivity index (χ2v) is 5.29. The highest BCUT2D eigenvalue weighted by Gasteiger charge is 2.42. The number of carbonyl (C=O) groups is 2. The Morgan fingerprint density at radius 3 is 2.50 bits per heavy atom. The number of amides is 2. The van der Waals surface area contributed by atoms with Crippen molar-refractivity contribution in [3.63, 3.8) is 0 Å². The summed E-state index contributed by atoms with van der Waals surface area (Å²) < 4.78 is 0.197. The molecule has 0 heterocycles. The van der Waals surface area contributed by atoms with E-state index in [1.165, 1.54) is 0 Å². The van der Waals surface area contributed by atoms with Crippen molar-refractivity contribution >= 4 is 23.8 Å². The van der Waals surface area contributed by atoms with Gasteiger partial charge in [0, 0.05) is 11.3 Å². The molecule has 1 fully saturated rings. The summed E-state index contributed by atoms with van der Waals surface area (Å²) in [6, 6.07) is -1.20. The highest BCUT2D eigenvalue weighted by atomic mass is 32.2. The molecule has 6 heteroatoms. The average Bonchev–Trinajstić information content (AvgIpc) is 3.03. The zero-order valence-corrected chi connectivity index (χ0v) is 10.4. The SMILES string of the molecule is CC[C@@H](NC(=O)NCC1(SC)CC1)C(=O)O. The lowest BCUT2D eigenvalue weighted by Gasteiger charge is -2.16. The van der Waals surface area contributed by atoms with Crippen LogP contribution in [0.2, 0.25) is 0 Å². The molecule has 0 saturated heterocycles. The van der Waals surface area contributed by atoms with Crippen molar-refractivity contribution in [2.24, 2.45) is 0 Å². The Kier molecular flexibility index (Phi) is 4.46. The fourth-order valence-electron chi connectivity index (χ4n) is 1.38. The minimum absolute atomic E-state index is 0.197. The van der Waals surface area contributed by atoms with Gasteiger partial charge >= 0.3 is 12.0 Å². The second kappa shape index (κ2) is 5.43. The first-order valence-electron chi connectivity index (χ1n) is 5.35. The number of urea groups is 1. The van der Waals surface area contributed by atoms with Crippen molar-refractivity contribution in [2.75, 3.05) is 12.8 Å². The Balaban J connectivity index is 2.27. The molecule has 0 radical (unpaired) electrons. The van der Waals surface area contributed by atoms with Crippen LogP contribution < -0.4 is 10.6 Å². The maximum atomic E-state index is 11.4. The number of carboxylic acids is 1. The summed E-state index contributed by atoms with van der Waals surface area (Å²) in [5.41, 5.74) is 0. The first kappa shape index (κ1) is 13.2. The first-order chi connectivity index (χ1) is 7.53. The monoisotopic (exact) mass is 246 g/mol. The maximum Gasteiger partial charge on any atom is 0.326 e. The highest BCUT2D eigenvalue weighted by molar-refractivity contribution is 8.00. The number of rotatable bonds is 6. The van der Waals surface area contributed by atoms with Crippen molar-refractivity contribution < 1.29 is 14.7 Å². The fourth-order valence-corrected chi connectivity index (χ4v) is 2.11. The largest absolute Gasteiger partial charge is 0.480 e. The van der Waals surface area contributed by atoms with Crippen LogP contribution in [0.1, 0.15) is 26.2 Å². The summed E-state index contributed by atoms with van der Waals surface area (Å²) in [5, 5.41) is 13.9. The molecule has 92 valence electrons. The fraction of sp³-hybridized carbons (Fsp3) is 0.800. The summed E-state index contributed by atoms with van der Waals surface area (Å²) in [5.74, 6) is -0.997. The third-order valence-electron chi connectivity index (χ3n) is 2.82. The number of hydrogen-bond donors (Lipinski definition) is 3. The van der Waals surface area contributed by atoms with Crippen LogP contribution in [0.25, 0.3) is 0 Å². The van der Waals surface area contributed by atoms with E-state index in [1.54, 1.807) is 18.7 Å². The second-order valence-electron chi connectivity index (χ2n) is 4.01. The standard InChI is InChI=1S/C10H18N2O3S/c1-3-7(8(13)14)12-9(15)11-6-10(16-2)4-5-10/h7H,3-6H2,1-2H3,(H,13,14)(H2,11,12,15)/t7-/m1/s1. The number of aliphatic carboxylic acids is 1. The van der Waals surface area contributed by atoms with Gasteiger partial charge in [-0.05, 0) is 25.5 Å². The van der Waals surface area contributed by atoms with Crippen LogP contribution in [0.3, 0.4) is 0 Å². The minimum atomic E-state index is -0.997. The molecule has 1 rings (SSSR count). The smallest absolute Gasteiger partial charge is 0.326 e. The van der Waals surface area contributed by atoms with Crippen LogP contribution in [-0.2, 0) is 4.79 Å². The van der Waals surface area contributed by atoms with E-state index in [0.29, 0.717) is 13.0 Å². The Hall–Kier alpha value is -0.910. The summed E-state index contributed by atoms with van der Waals surface area (Å²) in [4.78, 5) is 22.1. The molecular formula is C10H18N2O3S. The third kappa shape index (κ3) is 3.59. The van der Waals surface area contributed by atoms with Gasteiger partial charge in [0.2, 0.25) is 0 Å². The maximum absolute atomic E-state index is 11.4. The quantitative estimate of drug-likeness (QED) is 0.654. The van der Waals surface area contributed by atoms with Gasteiger partial charge in [0.05, 0.1) is 0 Å². The third-order valence-corrected chi connectivity index (χ3v) is 4.24. The van der Waals surface area contributed by atoms with Gasteiger partial charge in [-0.3, -0.25) is 0 Å². The molecule has 0 bridgehead atoms. The van der Waals surface area contributed by atoms with E-state index in [-0.39, 0.29) is 4.75 Å². The number of thioether (sulfide) groups is 1. The zero-order chi connectivity index (χ0) is 12.2. The first-order valence-corrected chi connectivity index (χ1v) is 6.58. The van der Waals surface area contributed by atoms with E-state index in [0.717, 1.165) is 12.8 Å². The van der Waals surface area contributed by atoms with Crippen LogP contribution in [0.4, 0.5) is 4.79 Å². The number of carbonyl (C=O) groups excluding carboxylic acids is 1. The van der Waals surface area contributed by atoms with Crippen LogP contribution in [0.5, 0.6) is 0 Å². The summed E-state index contributed by atoms with van der Waals surface area (Å²) in [6.45, 7) is 2.33. The van der Waals surface area contributed by atoms with Crippen LogP contribution >= 0.6 is 11.8 Å². The summed E-state index contributed by atoms with van der Waals surface area (Å²) in [6.07, 6.45) is 4.64. The molecule has 0 aromatic carbocycles. The van der Waals surface area contributed by atoms with Gasteiger partial charge in [0.1, 0.15) is 6.04 Å². The summed E-state index contributed by atoms with van der Waals surface area (Å²) in [7, 11) is 0. The molecule has 3 N–H and O–H groups in total. The molecule has 2 amide bonds. The Morgan fingerprint density at radius 2 is 2.12 bits per heavy atom. The van der Waals surface area contributed by atoms with Crippen molar-refractivity contribution in [1.29, 1.82) is 0 Å². The molecule has 0 aliphatic heterocycles. The Morgan fingerprint density at radius 1 is 1.50 bits per heavy atom.